The van der Waals surface area contributed by atoms with Crippen molar-refractivity contribution in [3.8, 4) is 28.4 Å². The molecular formula is C33H51NO8Si. The largest absolute Gasteiger partial charge is 0.497 e. The molecule has 1 saturated heterocycles. The molecule has 0 aliphatic carbocycles. The Kier molecular flexibility index (Phi) is 10.2. The normalized spacial score (nSPS) is 17.9. The topological polar surface area (TPSA) is 95.9 Å². The van der Waals surface area contributed by atoms with E-state index in [1.165, 1.54) is 0 Å². The summed E-state index contributed by atoms with van der Waals surface area (Å²) in [5.41, 5.74) is 1.19. The molecule has 2 aromatic carbocycles. The Bertz CT molecular complexity index is 1300. The third kappa shape index (κ3) is 7.65. The van der Waals surface area contributed by atoms with Crippen LogP contribution in [0, 0.1) is 0 Å². The first-order valence-corrected chi connectivity index (χ1v) is 17.6. The number of hydrogen-bond donors (Lipinski definition) is 1. The lowest BCUT2D eigenvalue weighted by Gasteiger charge is -2.37. The number of ether oxygens (including phenoxy) is 5. The van der Waals surface area contributed by atoms with Crippen molar-refractivity contribution in [2.75, 3.05) is 34.5 Å². The van der Waals surface area contributed by atoms with Crippen LogP contribution in [-0.4, -0.2) is 70.3 Å². The highest BCUT2D eigenvalue weighted by atomic mass is 28.4. The van der Waals surface area contributed by atoms with Crippen LogP contribution in [-0.2, 0) is 13.9 Å². The fourth-order valence-corrected chi connectivity index (χ4v) is 5.88. The number of aliphatic hydroxyl groups is 1. The van der Waals surface area contributed by atoms with E-state index >= 15 is 0 Å². The Morgan fingerprint density at radius 2 is 1.65 bits per heavy atom. The predicted octanol–water partition coefficient (Wildman–Crippen LogP) is 7.48. The summed E-state index contributed by atoms with van der Waals surface area (Å²) >= 11 is 0. The number of methoxy groups -OCH3 is 3. The molecule has 3 rings (SSSR count). The number of amides is 1. The van der Waals surface area contributed by atoms with Crippen molar-refractivity contribution < 1.29 is 38.0 Å². The maximum atomic E-state index is 13.4. The lowest BCUT2D eigenvalue weighted by Crippen LogP contribution is -2.47. The number of hydrogen-bond acceptors (Lipinski definition) is 8. The second-order valence-corrected chi connectivity index (χ2v) is 18.8. The summed E-state index contributed by atoms with van der Waals surface area (Å²) in [6.45, 7) is 20.4. The minimum Gasteiger partial charge on any atom is -0.497 e. The van der Waals surface area contributed by atoms with Crippen LogP contribution in [0.5, 0.6) is 17.2 Å². The quantitative estimate of drug-likeness (QED) is 0.290. The molecule has 0 radical (unpaired) electrons. The van der Waals surface area contributed by atoms with Crippen LogP contribution in [0.4, 0.5) is 4.79 Å². The Balaban J connectivity index is 2.17. The molecule has 2 atom stereocenters. The van der Waals surface area contributed by atoms with Crippen molar-refractivity contribution in [3.63, 3.8) is 0 Å². The zero-order valence-electron chi connectivity index (χ0n) is 28.2. The first-order valence-electron chi connectivity index (χ1n) is 14.7. The van der Waals surface area contributed by atoms with Crippen molar-refractivity contribution in [2.24, 2.45) is 0 Å². The Morgan fingerprint density at radius 3 is 2.19 bits per heavy atom. The molecule has 1 heterocycles. The molecule has 0 saturated carbocycles. The van der Waals surface area contributed by atoms with Gasteiger partial charge in [0.05, 0.1) is 40.6 Å². The van der Waals surface area contributed by atoms with Gasteiger partial charge < -0.3 is 33.2 Å². The molecule has 1 fully saturated rings. The summed E-state index contributed by atoms with van der Waals surface area (Å²) < 4.78 is 35.5. The second kappa shape index (κ2) is 12.7. The summed E-state index contributed by atoms with van der Waals surface area (Å²) in [6, 6.07) is 8.89. The van der Waals surface area contributed by atoms with Gasteiger partial charge in [-0.3, -0.25) is 4.90 Å². The van der Waals surface area contributed by atoms with E-state index in [4.69, 9.17) is 28.1 Å². The van der Waals surface area contributed by atoms with Crippen molar-refractivity contribution in [2.45, 2.75) is 97.0 Å². The summed E-state index contributed by atoms with van der Waals surface area (Å²) in [4.78, 5) is 15.0. The van der Waals surface area contributed by atoms with E-state index in [1.54, 1.807) is 38.4 Å². The zero-order valence-corrected chi connectivity index (χ0v) is 29.2. The molecule has 240 valence electrons. The van der Waals surface area contributed by atoms with Crippen LogP contribution in [0.25, 0.3) is 11.1 Å². The van der Waals surface area contributed by atoms with E-state index in [2.05, 4.69) is 33.9 Å². The van der Waals surface area contributed by atoms with Crippen LogP contribution >= 0.6 is 0 Å². The SMILES string of the molecule is COc1cc(OC)c(-c2cc([C@@H]3COC(C)(C)N3C(=O)OC(C)(C)C)ccc2OC)c([C@@H](O)CO[Si](C)(C)C(C)(C)C)c1. The average molecular weight is 618 g/mol. The first kappa shape index (κ1) is 34.7. The molecule has 0 spiro atoms. The number of carbonyl (C=O) groups excluding carboxylic acids is 1. The second-order valence-electron chi connectivity index (χ2n) is 14.0. The number of rotatable bonds is 9. The van der Waals surface area contributed by atoms with E-state index < -0.39 is 37.9 Å². The van der Waals surface area contributed by atoms with Crippen molar-refractivity contribution >= 4 is 14.4 Å². The van der Waals surface area contributed by atoms with Crippen molar-refractivity contribution in [1.82, 2.24) is 4.90 Å². The van der Waals surface area contributed by atoms with E-state index in [0.717, 1.165) is 5.56 Å². The molecule has 2 aromatic rings. The van der Waals surface area contributed by atoms with Crippen molar-refractivity contribution in [1.29, 1.82) is 0 Å². The van der Waals surface area contributed by atoms with Gasteiger partial charge in [0.1, 0.15) is 34.7 Å². The van der Waals surface area contributed by atoms with Gasteiger partial charge in [0, 0.05) is 17.2 Å². The third-order valence-electron chi connectivity index (χ3n) is 8.28. The molecule has 43 heavy (non-hydrogen) atoms. The monoisotopic (exact) mass is 617 g/mol. The lowest BCUT2D eigenvalue weighted by atomic mass is 9.91. The minimum absolute atomic E-state index is 0.0175. The molecular weight excluding hydrogens is 566 g/mol. The Morgan fingerprint density at radius 1 is 1.02 bits per heavy atom. The summed E-state index contributed by atoms with van der Waals surface area (Å²) in [7, 11) is 2.60. The minimum atomic E-state index is -2.15. The first-order chi connectivity index (χ1) is 19.8. The fraction of sp³-hybridized carbons (Fsp3) is 0.606. The molecule has 1 amide bonds. The molecule has 1 aliphatic rings. The molecule has 0 unspecified atom stereocenters. The van der Waals surface area contributed by atoms with Crippen LogP contribution in [0.1, 0.15) is 78.7 Å². The van der Waals surface area contributed by atoms with Crippen LogP contribution in [0.3, 0.4) is 0 Å². The number of benzene rings is 2. The van der Waals surface area contributed by atoms with E-state index in [1.807, 2.05) is 52.8 Å². The zero-order chi connectivity index (χ0) is 32.5. The summed E-state index contributed by atoms with van der Waals surface area (Å²) in [5.74, 6) is 1.62. The van der Waals surface area contributed by atoms with Crippen LogP contribution < -0.4 is 14.2 Å². The molecule has 0 bridgehead atoms. The molecule has 1 N–H and O–H groups in total. The van der Waals surface area contributed by atoms with Gasteiger partial charge in [-0.2, -0.15) is 0 Å². The molecule has 0 aromatic heterocycles. The van der Waals surface area contributed by atoms with Crippen LogP contribution in [0.15, 0.2) is 30.3 Å². The van der Waals surface area contributed by atoms with Gasteiger partial charge in [-0.25, -0.2) is 4.79 Å². The summed E-state index contributed by atoms with van der Waals surface area (Å²) in [5, 5.41) is 11.6. The standard InChI is InChI=1S/C33H51NO8Si/c1-31(2,3)42-30(36)34-25(19-40-33(34,7)8)21-14-15-27(38-10)24(16-21)29-23(17-22(37-9)18-28(29)39-11)26(35)20-41-43(12,13)32(4,5)6/h14-18,25-26,35H,19-20H2,1-13H3/t25-,26-/m0/s1. The molecule has 1 aliphatic heterocycles. The van der Waals surface area contributed by atoms with E-state index in [9.17, 15) is 9.90 Å². The Hall–Kier alpha value is -2.79. The fourth-order valence-electron chi connectivity index (χ4n) is 4.87. The highest BCUT2D eigenvalue weighted by Gasteiger charge is 2.46. The van der Waals surface area contributed by atoms with Gasteiger partial charge in [0.25, 0.3) is 0 Å². The average Bonchev–Trinajstić information content (AvgIpc) is 3.23. The molecule has 10 heteroatoms. The van der Waals surface area contributed by atoms with E-state index in [-0.39, 0.29) is 18.3 Å². The van der Waals surface area contributed by atoms with Gasteiger partial charge in [0.15, 0.2) is 8.32 Å². The predicted molar refractivity (Wildman–Crippen MR) is 170 cm³/mol. The van der Waals surface area contributed by atoms with Gasteiger partial charge in [-0.1, -0.05) is 26.8 Å². The molecule has 9 nitrogen and oxygen atoms in total. The lowest BCUT2D eigenvalue weighted by molar-refractivity contribution is -0.0626. The van der Waals surface area contributed by atoms with Crippen molar-refractivity contribution in [3.05, 3.63) is 41.5 Å². The van der Waals surface area contributed by atoms with Gasteiger partial charge >= 0.3 is 6.09 Å². The maximum Gasteiger partial charge on any atom is 0.413 e. The third-order valence-corrected chi connectivity index (χ3v) is 12.8. The number of carbonyl (C=O) groups is 1. The maximum absolute atomic E-state index is 13.4. The number of nitrogens with zero attached hydrogens (tertiary/aromatic N) is 1. The Labute approximate surface area is 258 Å². The van der Waals surface area contributed by atoms with Gasteiger partial charge in [-0.15, -0.1) is 0 Å². The van der Waals surface area contributed by atoms with E-state index in [0.29, 0.717) is 33.9 Å². The number of aliphatic hydroxyl groups excluding tert-OH is 1. The van der Waals surface area contributed by atoms with Crippen LogP contribution in [0.2, 0.25) is 18.1 Å². The van der Waals surface area contributed by atoms with Gasteiger partial charge in [-0.05, 0) is 82.1 Å². The highest BCUT2D eigenvalue weighted by molar-refractivity contribution is 6.74. The smallest absolute Gasteiger partial charge is 0.413 e. The summed E-state index contributed by atoms with van der Waals surface area (Å²) in [6.07, 6.45) is -1.44. The highest BCUT2D eigenvalue weighted by Crippen LogP contribution is 2.47. The van der Waals surface area contributed by atoms with Gasteiger partial charge in [0.2, 0.25) is 0 Å².